The van der Waals surface area contributed by atoms with Crippen molar-refractivity contribution < 1.29 is 14.6 Å². The Bertz CT molecular complexity index is 562. The molecule has 0 unspecified atom stereocenters. The monoisotopic (exact) mass is 228 g/mol. The summed E-state index contributed by atoms with van der Waals surface area (Å²) in [5, 5.41) is 26.1. The maximum atomic E-state index is 10.6. The number of aliphatic carboxylic acids is 1. The highest BCUT2D eigenvalue weighted by Crippen LogP contribution is 2.20. The van der Waals surface area contributed by atoms with Crippen molar-refractivity contribution in [1.29, 1.82) is 10.5 Å². The summed E-state index contributed by atoms with van der Waals surface area (Å²) >= 11 is 0. The van der Waals surface area contributed by atoms with Crippen LogP contribution >= 0.6 is 0 Å². The van der Waals surface area contributed by atoms with Crippen LogP contribution in [0.5, 0.6) is 5.75 Å². The Balaban J connectivity index is 3.23. The molecule has 0 saturated carbocycles. The maximum Gasteiger partial charge on any atom is 0.346 e. The molecule has 0 atom stereocenters. The number of carboxylic acids is 1. The van der Waals surface area contributed by atoms with E-state index in [2.05, 4.69) is 0 Å². The van der Waals surface area contributed by atoms with Crippen LogP contribution in [0.4, 0.5) is 0 Å². The van der Waals surface area contributed by atoms with Crippen LogP contribution in [0.25, 0.3) is 6.08 Å². The van der Waals surface area contributed by atoms with Gasteiger partial charge in [-0.2, -0.15) is 10.5 Å². The van der Waals surface area contributed by atoms with Crippen molar-refractivity contribution in [2.45, 2.75) is 0 Å². The lowest BCUT2D eigenvalue weighted by atomic mass is 10.1. The van der Waals surface area contributed by atoms with Gasteiger partial charge in [-0.15, -0.1) is 0 Å². The van der Waals surface area contributed by atoms with E-state index in [1.807, 2.05) is 6.07 Å². The first kappa shape index (κ1) is 12.3. The van der Waals surface area contributed by atoms with Gasteiger partial charge in [0.15, 0.2) is 0 Å². The fourth-order valence-corrected chi connectivity index (χ4v) is 1.21. The fourth-order valence-electron chi connectivity index (χ4n) is 1.21. The molecule has 0 aliphatic carbocycles. The molecule has 0 saturated heterocycles. The summed E-state index contributed by atoms with van der Waals surface area (Å²) < 4.78 is 4.95. The van der Waals surface area contributed by atoms with Crippen LogP contribution in [-0.4, -0.2) is 18.2 Å². The third kappa shape index (κ3) is 2.83. The highest BCUT2D eigenvalue weighted by molar-refractivity contribution is 5.96. The van der Waals surface area contributed by atoms with Gasteiger partial charge < -0.3 is 9.84 Å². The van der Waals surface area contributed by atoms with Gasteiger partial charge in [-0.05, 0) is 23.8 Å². The Kier molecular flexibility index (Phi) is 3.86. The van der Waals surface area contributed by atoms with E-state index in [-0.39, 0.29) is 11.1 Å². The van der Waals surface area contributed by atoms with Crippen LogP contribution in [0.3, 0.4) is 0 Å². The minimum atomic E-state index is -1.30. The number of hydrogen-bond donors (Lipinski definition) is 1. The van der Waals surface area contributed by atoms with Gasteiger partial charge in [0, 0.05) is 0 Å². The Morgan fingerprint density at radius 3 is 2.65 bits per heavy atom. The number of hydrogen-bond acceptors (Lipinski definition) is 4. The third-order valence-corrected chi connectivity index (χ3v) is 2.01. The van der Waals surface area contributed by atoms with Crippen molar-refractivity contribution in [2.24, 2.45) is 0 Å². The van der Waals surface area contributed by atoms with E-state index >= 15 is 0 Å². The maximum absolute atomic E-state index is 10.6. The Hall–Kier alpha value is -2.79. The minimum Gasteiger partial charge on any atom is -0.495 e. The second-order valence-electron chi connectivity index (χ2n) is 3.05. The van der Waals surface area contributed by atoms with Crippen molar-refractivity contribution in [3.05, 3.63) is 34.9 Å². The lowest BCUT2D eigenvalue weighted by Crippen LogP contribution is -1.97. The van der Waals surface area contributed by atoms with E-state index in [1.165, 1.54) is 19.3 Å². The molecule has 0 aliphatic rings. The molecule has 1 rings (SSSR count). The predicted octanol–water partition coefficient (Wildman–Crippen LogP) is 1.56. The van der Waals surface area contributed by atoms with E-state index in [0.717, 1.165) is 0 Å². The normalized spacial score (nSPS) is 10.2. The lowest BCUT2D eigenvalue weighted by molar-refractivity contribution is -0.132. The summed E-state index contributed by atoms with van der Waals surface area (Å²) in [6, 6.07) is 8.06. The number of carbonyl (C=O) groups is 1. The van der Waals surface area contributed by atoms with Gasteiger partial charge in [-0.1, -0.05) is 6.07 Å². The second kappa shape index (κ2) is 5.34. The van der Waals surface area contributed by atoms with Gasteiger partial charge in [-0.25, -0.2) is 4.79 Å². The van der Waals surface area contributed by atoms with E-state index < -0.39 is 5.97 Å². The second-order valence-corrected chi connectivity index (χ2v) is 3.05. The molecule has 1 N–H and O–H groups in total. The van der Waals surface area contributed by atoms with Crippen LogP contribution in [0, 0.1) is 22.7 Å². The number of carboxylic acid groups (broad SMARTS) is 1. The van der Waals surface area contributed by atoms with Gasteiger partial charge in [0.05, 0.1) is 12.7 Å². The molecule has 1 aromatic rings. The van der Waals surface area contributed by atoms with E-state index in [0.29, 0.717) is 11.3 Å². The van der Waals surface area contributed by atoms with Crippen LogP contribution < -0.4 is 4.74 Å². The molecule has 0 radical (unpaired) electrons. The van der Waals surface area contributed by atoms with E-state index in [4.69, 9.17) is 20.4 Å². The molecule has 0 amide bonds. The minimum absolute atomic E-state index is 0.281. The van der Waals surface area contributed by atoms with Crippen molar-refractivity contribution in [3.63, 3.8) is 0 Å². The molecule has 0 bridgehead atoms. The SMILES string of the molecule is COc1ccc(/C=C(/C#N)C(=O)O)cc1C#N. The predicted molar refractivity (Wildman–Crippen MR) is 58.9 cm³/mol. The molecule has 0 heterocycles. The van der Waals surface area contributed by atoms with Gasteiger partial charge >= 0.3 is 5.97 Å². The molecule has 17 heavy (non-hydrogen) atoms. The molecule has 5 heteroatoms. The average Bonchev–Trinajstić information content (AvgIpc) is 2.35. The average molecular weight is 228 g/mol. The Morgan fingerprint density at radius 2 is 2.18 bits per heavy atom. The molecule has 0 fully saturated rings. The third-order valence-electron chi connectivity index (χ3n) is 2.01. The summed E-state index contributed by atoms with van der Waals surface area (Å²) in [6.45, 7) is 0. The first-order valence-corrected chi connectivity index (χ1v) is 4.55. The number of nitrogens with zero attached hydrogens (tertiary/aromatic N) is 2. The van der Waals surface area contributed by atoms with Crippen LogP contribution in [0.1, 0.15) is 11.1 Å². The molecule has 84 valence electrons. The zero-order valence-corrected chi connectivity index (χ0v) is 8.97. The topological polar surface area (TPSA) is 94.1 Å². The molecule has 5 nitrogen and oxygen atoms in total. The first-order valence-electron chi connectivity index (χ1n) is 4.55. The van der Waals surface area contributed by atoms with Crippen molar-refractivity contribution in [1.82, 2.24) is 0 Å². The van der Waals surface area contributed by atoms with Gasteiger partial charge in [0.25, 0.3) is 0 Å². The molecule has 0 aromatic heterocycles. The molecular weight excluding hydrogens is 220 g/mol. The number of methoxy groups -OCH3 is 1. The first-order chi connectivity index (χ1) is 8.12. The number of benzene rings is 1. The highest BCUT2D eigenvalue weighted by Gasteiger charge is 2.07. The number of nitriles is 2. The molecular formula is C12H8N2O3. The lowest BCUT2D eigenvalue weighted by Gasteiger charge is -2.02. The van der Waals surface area contributed by atoms with Crippen LogP contribution in [-0.2, 0) is 4.79 Å². The summed E-state index contributed by atoms with van der Waals surface area (Å²) in [6.07, 6.45) is 1.20. The van der Waals surface area contributed by atoms with E-state index in [1.54, 1.807) is 18.2 Å². The van der Waals surface area contributed by atoms with Gasteiger partial charge in [0.1, 0.15) is 23.5 Å². The van der Waals surface area contributed by atoms with Crippen LogP contribution in [0.15, 0.2) is 23.8 Å². The quantitative estimate of drug-likeness (QED) is 0.625. The highest BCUT2D eigenvalue weighted by atomic mass is 16.5. The standard InChI is InChI=1S/C12H8N2O3/c1-17-11-3-2-8(4-9(11)6-13)5-10(7-14)12(15)16/h2-5H,1H3,(H,15,16)/b10-5-. The number of ether oxygens (including phenoxy) is 1. The van der Waals surface area contributed by atoms with Gasteiger partial charge in [-0.3, -0.25) is 0 Å². The summed E-state index contributed by atoms with van der Waals surface area (Å²) in [7, 11) is 1.43. The Labute approximate surface area is 97.8 Å². The smallest absolute Gasteiger partial charge is 0.346 e. The van der Waals surface area contributed by atoms with Crippen molar-refractivity contribution >= 4 is 12.0 Å². The summed E-state index contributed by atoms with van der Waals surface area (Å²) in [5.41, 5.74) is 0.351. The molecule has 1 aromatic carbocycles. The summed E-state index contributed by atoms with van der Waals surface area (Å²) in [4.78, 5) is 10.6. The van der Waals surface area contributed by atoms with Crippen molar-refractivity contribution in [3.8, 4) is 17.9 Å². The molecule has 0 aliphatic heterocycles. The summed E-state index contributed by atoms with van der Waals surface area (Å²) in [5.74, 6) is -0.902. The number of rotatable bonds is 3. The Morgan fingerprint density at radius 1 is 1.47 bits per heavy atom. The van der Waals surface area contributed by atoms with E-state index in [9.17, 15) is 4.79 Å². The van der Waals surface area contributed by atoms with Crippen LogP contribution in [0.2, 0.25) is 0 Å². The largest absolute Gasteiger partial charge is 0.495 e. The zero-order valence-electron chi connectivity index (χ0n) is 8.97. The fraction of sp³-hybridized carbons (Fsp3) is 0.0833. The molecule has 0 spiro atoms. The zero-order chi connectivity index (χ0) is 12.8. The van der Waals surface area contributed by atoms with Crippen molar-refractivity contribution in [2.75, 3.05) is 7.11 Å². The van der Waals surface area contributed by atoms with Gasteiger partial charge in [0.2, 0.25) is 0 Å².